The van der Waals surface area contributed by atoms with Gasteiger partial charge in [0.15, 0.2) is 0 Å². The standard InChI is InChI=1S/C20H26N2O3S/c1-16(2)14-21-20(23)13-10-17-8-11-19(12-9-17)26(24,25)22-15-18-6-4-3-5-7-18/h3-9,11-12,16,22H,10,13-15H2,1-2H3,(H,21,23). The molecule has 0 spiro atoms. The maximum Gasteiger partial charge on any atom is 0.240 e. The third-order valence-electron chi connectivity index (χ3n) is 3.89. The lowest BCUT2D eigenvalue weighted by atomic mass is 10.1. The van der Waals surface area contributed by atoms with E-state index >= 15 is 0 Å². The molecular weight excluding hydrogens is 348 g/mol. The van der Waals surface area contributed by atoms with Gasteiger partial charge in [-0.05, 0) is 35.6 Å². The second kappa shape index (κ2) is 9.50. The van der Waals surface area contributed by atoms with Gasteiger partial charge >= 0.3 is 0 Å². The predicted octanol–water partition coefficient (Wildman–Crippen LogP) is 2.87. The Bertz CT molecular complexity index is 801. The van der Waals surface area contributed by atoms with E-state index in [2.05, 4.69) is 10.0 Å². The van der Waals surface area contributed by atoms with Crippen LogP contribution in [0.2, 0.25) is 0 Å². The van der Waals surface area contributed by atoms with Crippen molar-refractivity contribution in [1.29, 1.82) is 0 Å². The van der Waals surface area contributed by atoms with Gasteiger partial charge in [-0.3, -0.25) is 4.79 Å². The largest absolute Gasteiger partial charge is 0.356 e. The van der Waals surface area contributed by atoms with Crippen LogP contribution < -0.4 is 10.0 Å². The molecule has 2 aromatic rings. The van der Waals surface area contributed by atoms with Crippen molar-refractivity contribution >= 4 is 15.9 Å². The van der Waals surface area contributed by atoms with Crippen LogP contribution in [0.3, 0.4) is 0 Å². The van der Waals surface area contributed by atoms with Gasteiger partial charge in [0.2, 0.25) is 15.9 Å². The van der Waals surface area contributed by atoms with E-state index in [1.54, 1.807) is 24.3 Å². The summed E-state index contributed by atoms with van der Waals surface area (Å²) in [4.78, 5) is 12.0. The van der Waals surface area contributed by atoms with Gasteiger partial charge in [0.25, 0.3) is 0 Å². The van der Waals surface area contributed by atoms with Crippen LogP contribution in [0.25, 0.3) is 0 Å². The highest BCUT2D eigenvalue weighted by Gasteiger charge is 2.13. The van der Waals surface area contributed by atoms with Crippen molar-refractivity contribution in [3.05, 3.63) is 65.7 Å². The average molecular weight is 375 g/mol. The summed E-state index contributed by atoms with van der Waals surface area (Å²) in [7, 11) is -3.55. The molecular formula is C20H26N2O3S. The summed E-state index contributed by atoms with van der Waals surface area (Å²) >= 11 is 0. The lowest BCUT2D eigenvalue weighted by molar-refractivity contribution is -0.121. The highest BCUT2D eigenvalue weighted by Crippen LogP contribution is 2.12. The average Bonchev–Trinajstić information content (AvgIpc) is 2.64. The Morgan fingerprint density at radius 2 is 1.62 bits per heavy atom. The zero-order valence-electron chi connectivity index (χ0n) is 15.2. The Labute approximate surface area is 155 Å². The van der Waals surface area contributed by atoms with Crippen molar-refractivity contribution in [2.24, 2.45) is 5.92 Å². The Hall–Kier alpha value is -2.18. The summed E-state index contributed by atoms with van der Waals surface area (Å²) in [6, 6.07) is 16.0. The molecule has 0 bridgehead atoms. The number of aryl methyl sites for hydroxylation is 1. The number of carbonyl (C=O) groups is 1. The molecule has 26 heavy (non-hydrogen) atoms. The number of nitrogens with one attached hydrogen (secondary N) is 2. The first-order valence-corrected chi connectivity index (χ1v) is 10.2. The van der Waals surface area contributed by atoms with Crippen molar-refractivity contribution in [2.45, 2.75) is 38.1 Å². The molecule has 0 aliphatic heterocycles. The SMILES string of the molecule is CC(C)CNC(=O)CCc1ccc(S(=O)(=O)NCc2ccccc2)cc1. The van der Waals surface area contributed by atoms with E-state index in [-0.39, 0.29) is 17.3 Å². The molecule has 0 fully saturated rings. The molecule has 1 amide bonds. The molecule has 5 nitrogen and oxygen atoms in total. The molecule has 2 N–H and O–H groups in total. The first kappa shape index (κ1) is 20.1. The number of amides is 1. The zero-order chi connectivity index (χ0) is 19.0. The maximum absolute atomic E-state index is 12.4. The van der Waals surface area contributed by atoms with E-state index in [0.29, 0.717) is 25.3 Å². The summed E-state index contributed by atoms with van der Waals surface area (Å²) < 4.78 is 27.3. The molecule has 0 radical (unpaired) electrons. The fraction of sp³-hybridized carbons (Fsp3) is 0.350. The fourth-order valence-electron chi connectivity index (χ4n) is 2.36. The van der Waals surface area contributed by atoms with Gasteiger partial charge in [-0.15, -0.1) is 0 Å². The van der Waals surface area contributed by atoms with Gasteiger partial charge in [-0.2, -0.15) is 0 Å². The zero-order valence-corrected chi connectivity index (χ0v) is 16.1. The van der Waals surface area contributed by atoms with Crippen LogP contribution in [0.15, 0.2) is 59.5 Å². The van der Waals surface area contributed by atoms with Crippen LogP contribution in [-0.2, 0) is 27.8 Å². The molecule has 140 valence electrons. The van der Waals surface area contributed by atoms with Crippen molar-refractivity contribution in [1.82, 2.24) is 10.0 Å². The topological polar surface area (TPSA) is 75.3 Å². The van der Waals surface area contributed by atoms with Gasteiger partial charge in [0.1, 0.15) is 0 Å². The van der Waals surface area contributed by atoms with Crippen LogP contribution in [-0.4, -0.2) is 20.9 Å². The normalized spacial score (nSPS) is 11.5. The highest BCUT2D eigenvalue weighted by atomic mass is 32.2. The molecule has 2 aromatic carbocycles. The van der Waals surface area contributed by atoms with Gasteiger partial charge in [-0.1, -0.05) is 56.3 Å². The predicted molar refractivity (Wildman–Crippen MR) is 103 cm³/mol. The number of benzene rings is 2. The number of sulfonamides is 1. The minimum absolute atomic E-state index is 0.0138. The van der Waals surface area contributed by atoms with Gasteiger partial charge in [0, 0.05) is 19.5 Å². The third-order valence-corrected chi connectivity index (χ3v) is 5.31. The van der Waals surface area contributed by atoms with Crippen LogP contribution in [0.5, 0.6) is 0 Å². The van der Waals surface area contributed by atoms with Crippen LogP contribution in [0.1, 0.15) is 31.4 Å². The summed E-state index contributed by atoms with van der Waals surface area (Å²) in [5, 5.41) is 2.88. The molecule has 0 atom stereocenters. The van der Waals surface area contributed by atoms with Crippen LogP contribution in [0.4, 0.5) is 0 Å². The number of hydrogen-bond donors (Lipinski definition) is 2. The van der Waals surface area contributed by atoms with E-state index in [9.17, 15) is 13.2 Å². The Morgan fingerprint density at radius 3 is 2.23 bits per heavy atom. The van der Waals surface area contributed by atoms with Crippen LogP contribution >= 0.6 is 0 Å². The molecule has 0 saturated carbocycles. The number of carbonyl (C=O) groups excluding carboxylic acids is 1. The van der Waals surface area contributed by atoms with E-state index < -0.39 is 10.0 Å². The summed E-state index contributed by atoms with van der Waals surface area (Å²) in [5.41, 5.74) is 1.84. The molecule has 0 aromatic heterocycles. The Kier molecular flexibility index (Phi) is 7.36. The fourth-order valence-corrected chi connectivity index (χ4v) is 3.37. The van der Waals surface area contributed by atoms with Crippen molar-refractivity contribution < 1.29 is 13.2 Å². The molecule has 2 rings (SSSR count). The van der Waals surface area contributed by atoms with Crippen molar-refractivity contribution in [3.8, 4) is 0 Å². The lowest BCUT2D eigenvalue weighted by Crippen LogP contribution is -2.27. The lowest BCUT2D eigenvalue weighted by Gasteiger charge is -2.09. The van der Waals surface area contributed by atoms with E-state index in [1.165, 1.54) is 0 Å². The van der Waals surface area contributed by atoms with Gasteiger partial charge in [0.05, 0.1) is 4.90 Å². The van der Waals surface area contributed by atoms with Crippen molar-refractivity contribution in [2.75, 3.05) is 6.54 Å². The minimum Gasteiger partial charge on any atom is -0.356 e. The second-order valence-electron chi connectivity index (χ2n) is 6.65. The smallest absolute Gasteiger partial charge is 0.240 e. The first-order chi connectivity index (χ1) is 12.4. The highest BCUT2D eigenvalue weighted by molar-refractivity contribution is 7.89. The third kappa shape index (κ3) is 6.61. The molecule has 0 aliphatic rings. The first-order valence-electron chi connectivity index (χ1n) is 8.76. The Morgan fingerprint density at radius 1 is 0.962 bits per heavy atom. The maximum atomic E-state index is 12.4. The van der Waals surface area contributed by atoms with Gasteiger partial charge in [-0.25, -0.2) is 13.1 Å². The molecule has 0 heterocycles. The number of rotatable bonds is 9. The van der Waals surface area contributed by atoms with Crippen molar-refractivity contribution in [3.63, 3.8) is 0 Å². The van der Waals surface area contributed by atoms with Gasteiger partial charge < -0.3 is 5.32 Å². The molecule has 0 unspecified atom stereocenters. The molecule has 0 saturated heterocycles. The Balaban J connectivity index is 1.88. The van der Waals surface area contributed by atoms with Crippen LogP contribution in [0, 0.1) is 5.92 Å². The minimum atomic E-state index is -3.55. The summed E-state index contributed by atoms with van der Waals surface area (Å²) in [6.07, 6.45) is 0.979. The van der Waals surface area contributed by atoms with E-state index in [0.717, 1.165) is 11.1 Å². The molecule has 6 heteroatoms. The second-order valence-corrected chi connectivity index (χ2v) is 8.42. The quantitative estimate of drug-likeness (QED) is 0.709. The van der Waals surface area contributed by atoms with E-state index in [1.807, 2.05) is 44.2 Å². The molecule has 0 aliphatic carbocycles. The summed E-state index contributed by atoms with van der Waals surface area (Å²) in [6.45, 7) is 5.01. The number of hydrogen-bond acceptors (Lipinski definition) is 3. The summed E-state index contributed by atoms with van der Waals surface area (Å²) in [5.74, 6) is 0.437. The van der Waals surface area contributed by atoms with E-state index in [4.69, 9.17) is 0 Å². The monoisotopic (exact) mass is 374 g/mol.